The van der Waals surface area contributed by atoms with Gasteiger partial charge in [0, 0.05) is 5.56 Å². The van der Waals surface area contributed by atoms with Crippen molar-refractivity contribution in [2.75, 3.05) is 0 Å². The Labute approximate surface area is 114 Å². The van der Waals surface area contributed by atoms with Gasteiger partial charge >= 0.3 is 5.97 Å². The molecule has 98 valence electrons. The second-order valence-electron chi connectivity index (χ2n) is 3.86. The van der Waals surface area contributed by atoms with Gasteiger partial charge in [0.2, 0.25) is 0 Å². The second kappa shape index (κ2) is 5.71. The standard InChI is InChI=1S/C14H10ClFO3/c15-13-7-11(16)5-4-10(13)8-19-12-3-1-2-9(6-12)14(17)18/h1-7H,8H2,(H,17,18). The molecule has 0 saturated carbocycles. The number of carboxylic acid groups (broad SMARTS) is 1. The average molecular weight is 281 g/mol. The summed E-state index contributed by atoms with van der Waals surface area (Å²) in [6.07, 6.45) is 0. The smallest absolute Gasteiger partial charge is 0.335 e. The molecule has 0 heterocycles. The molecule has 3 nitrogen and oxygen atoms in total. The van der Waals surface area contributed by atoms with E-state index in [1.807, 2.05) is 0 Å². The highest BCUT2D eigenvalue weighted by molar-refractivity contribution is 6.31. The first-order chi connectivity index (χ1) is 9.06. The molecule has 0 aromatic heterocycles. The van der Waals surface area contributed by atoms with Crippen molar-refractivity contribution in [2.45, 2.75) is 6.61 Å². The highest BCUT2D eigenvalue weighted by Gasteiger charge is 2.06. The Hall–Kier alpha value is -2.07. The lowest BCUT2D eigenvalue weighted by Crippen LogP contribution is -1.99. The summed E-state index contributed by atoms with van der Waals surface area (Å²) in [5.41, 5.74) is 0.770. The lowest BCUT2D eigenvalue weighted by Gasteiger charge is -2.08. The number of halogens is 2. The fraction of sp³-hybridized carbons (Fsp3) is 0.0714. The van der Waals surface area contributed by atoms with Crippen molar-refractivity contribution < 1.29 is 19.0 Å². The van der Waals surface area contributed by atoms with E-state index in [0.29, 0.717) is 11.3 Å². The van der Waals surface area contributed by atoms with Crippen LogP contribution in [0.4, 0.5) is 4.39 Å². The number of hydrogen-bond donors (Lipinski definition) is 1. The van der Waals surface area contributed by atoms with Crippen LogP contribution in [0.25, 0.3) is 0 Å². The summed E-state index contributed by atoms with van der Waals surface area (Å²) < 4.78 is 18.3. The molecule has 0 bridgehead atoms. The van der Waals surface area contributed by atoms with Crippen molar-refractivity contribution in [1.29, 1.82) is 0 Å². The third kappa shape index (κ3) is 3.45. The average Bonchev–Trinajstić information content (AvgIpc) is 2.38. The first-order valence-electron chi connectivity index (χ1n) is 5.46. The Morgan fingerprint density at radius 3 is 2.74 bits per heavy atom. The molecule has 0 radical (unpaired) electrons. The lowest BCUT2D eigenvalue weighted by atomic mass is 10.2. The largest absolute Gasteiger partial charge is 0.489 e. The summed E-state index contributed by atoms with van der Waals surface area (Å²) in [6.45, 7) is 0.141. The van der Waals surface area contributed by atoms with Crippen molar-refractivity contribution in [1.82, 2.24) is 0 Å². The maximum atomic E-state index is 12.9. The molecule has 0 unspecified atom stereocenters. The predicted octanol–water partition coefficient (Wildman–Crippen LogP) is 3.76. The Morgan fingerprint density at radius 2 is 2.05 bits per heavy atom. The van der Waals surface area contributed by atoms with Crippen LogP contribution < -0.4 is 4.74 Å². The third-order valence-electron chi connectivity index (χ3n) is 2.49. The molecule has 0 spiro atoms. The molecule has 0 atom stereocenters. The Morgan fingerprint density at radius 1 is 1.26 bits per heavy atom. The van der Waals surface area contributed by atoms with Crippen molar-refractivity contribution in [3.8, 4) is 5.75 Å². The number of rotatable bonds is 4. The molecular formula is C14H10ClFO3. The number of benzene rings is 2. The summed E-state index contributed by atoms with van der Waals surface area (Å²) in [5.74, 6) is -1.02. The van der Waals surface area contributed by atoms with Crippen LogP contribution in [-0.2, 0) is 6.61 Å². The van der Waals surface area contributed by atoms with E-state index in [1.54, 1.807) is 12.1 Å². The molecule has 2 aromatic rings. The van der Waals surface area contributed by atoms with Gasteiger partial charge in [-0.2, -0.15) is 0 Å². The highest BCUT2D eigenvalue weighted by atomic mass is 35.5. The van der Waals surface area contributed by atoms with Crippen molar-refractivity contribution in [3.05, 3.63) is 64.4 Å². The molecule has 5 heteroatoms. The SMILES string of the molecule is O=C(O)c1cccc(OCc2ccc(F)cc2Cl)c1. The summed E-state index contributed by atoms with van der Waals surface area (Å²) in [6, 6.07) is 10.1. The van der Waals surface area contributed by atoms with Crippen molar-refractivity contribution in [2.24, 2.45) is 0 Å². The number of aromatic carboxylic acids is 1. The zero-order valence-corrected chi connectivity index (χ0v) is 10.5. The fourth-order valence-corrected chi connectivity index (χ4v) is 1.74. The van der Waals surface area contributed by atoms with Crippen LogP contribution in [0.15, 0.2) is 42.5 Å². The summed E-state index contributed by atoms with van der Waals surface area (Å²) in [5, 5.41) is 9.12. The molecule has 0 amide bonds. The topological polar surface area (TPSA) is 46.5 Å². The first-order valence-corrected chi connectivity index (χ1v) is 5.84. The fourth-order valence-electron chi connectivity index (χ4n) is 1.52. The summed E-state index contributed by atoms with van der Waals surface area (Å²) in [4.78, 5) is 10.8. The minimum Gasteiger partial charge on any atom is -0.489 e. The molecule has 0 aliphatic heterocycles. The van der Waals surface area contributed by atoms with E-state index in [2.05, 4.69) is 0 Å². The quantitative estimate of drug-likeness (QED) is 0.927. The number of carboxylic acids is 1. The van der Waals surface area contributed by atoms with Gasteiger partial charge in [0.25, 0.3) is 0 Å². The van der Waals surface area contributed by atoms with Crippen molar-refractivity contribution >= 4 is 17.6 Å². The zero-order chi connectivity index (χ0) is 13.8. The monoisotopic (exact) mass is 280 g/mol. The van der Waals surface area contributed by atoms with Crippen LogP contribution >= 0.6 is 11.6 Å². The van der Waals surface area contributed by atoms with Gasteiger partial charge in [0.15, 0.2) is 0 Å². The third-order valence-corrected chi connectivity index (χ3v) is 2.84. The summed E-state index contributed by atoms with van der Waals surface area (Å²) >= 11 is 5.86. The van der Waals surface area contributed by atoms with Gasteiger partial charge in [-0.05, 0) is 30.3 Å². The Kier molecular flexibility index (Phi) is 4.02. The second-order valence-corrected chi connectivity index (χ2v) is 4.26. The van der Waals surface area contributed by atoms with E-state index < -0.39 is 11.8 Å². The molecular weight excluding hydrogens is 271 g/mol. The van der Waals surface area contributed by atoms with Crippen LogP contribution in [0.1, 0.15) is 15.9 Å². The van der Waals surface area contributed by atoms with E-state index >= 15 is 0 Å². The van der Waals surface area contributed by atoms with E-state index in [9.17, 15) is 9.18 Å². The van der Waals surface area contributed by atoms with E-state index in [1.165, 1.54) is 30.3 Å². The van der Waals surface area contributed by atoms with Gasteiger partial charge in [0.1, 0.15) is 18.2 Å². The lowest BCUT2D eigenvalue weighted by molar-refractivity contribution is 0.0696. The van der Waals surface area contributed by atoms with Gasteiger partial charge in [-0.15, -0.1) is 0 Å². The van der Waals surface area contributed by atoms with Crippen LogP contribution in [0, 0.1) is 5.82 Å². The predicted molar refractivity (Wildman–Crippen MR) is 69.1 cm³/mol. The molecule has 0 fully saturated rings. The van der Waals surface area contributed by atoms with Gasteiger partial charge in [-0.25, -0.2) is 9.18 Å². The molecule has 2 aromatic carbocycles. The van der Waals surface area contributed by atoms with Crippen LogP contribution in [-0.4, -0.2) is 11.1 Å². The molecule has 2 rings (SSSR count). The number of carbonyl (C=O) groups is 1. The number of hydrogen-bond acceptors (Lipinski definition) is 2. The maximum Gasteiger partial charge on any atom is 0.335 e. The highest BCUT2D eigenvalue weighted by Crippen LogP contribution is 2.20. The molecule has 0 saturated heterocycles. The minimum atomic E-state index is -1.02. The van der Waals surface area contributed by atoms with Crippen molar-refractivity contribution in [3.63, 3.8) is 0 Å². The van der Waals surface area contributed by atoms with E-state index in [-0.39, 0.29) is 17.2 Å². The van der Waals surface area contributed by atoms with Crippen LogP contribution in [0.3, 0.4) is 0 Å². The Bertz CT molecular complexity index is 613. The molecule has 0 aliphatic carbocycles. The van der Waals surface area contributed by atoms with Crippen LogP contribution in [0.5, 0.6) is 5.75 Å². The van der Waals surface area contributed by atoms with Crippen LogP contribution in [0.2, 0.25) is 5.02 Å². The summed E-state index contributed by atoms with van der Waals surface area (Å²) in [7, 11) is 0. The van der Waals surface area contributed by atoms with E-state index in [4.69, 9.17) is 21.4 Å². The Balaban J connectivity index is 2.10. The number of ether oxygens (including phenoxy) is 1. The first kappa shape index (κ1) is 13.4. The molecule has 1 N–H and O–H groups in total. The normalized spacial score (nSPS) is 10.2. The minimum absolute atomic E-state index is 0.141. The van der Waals surface area contributed by atoms with Gasteiger partial charge in [0.05, 0.1) is 10.6 Å². The van der Waals surface area contributed by atoms with Gasteiger partial charge in [-0.3, -0.25) is 0 Å². The van der Waals surface area contributed by atoms with Gasteiger partial charge < -0.3 is 9.84 Å². The zero-order valence-electron chi connectivity index (χ0n) is 9.77. The van der Waals surface area contributed by atoms with Gasteiger partial charge in [-0.1, -0.05) is 23.7 Å². The molecule has 0 aliphatic rings. The molecule has 19 heavy (non-hydrogen) atoms. The van der Waals surface area contributed by atoms with E-state index in [0.717, 1.165) is 0 Å². The maximum absolute atomic E-state index is 12.9.